The first-order valence-electron chi connectivity index (χ1n) is 4.33. The molecule has 0 radical (unpaired) electrons. The number of nitrogens with zero attached hydrogens (tertiary/aromatic N) is 2. The van der Waals surface area contributed by atoms with Crippen LogP contribution in [0, 0.1) is 5.92 Å². The molecule has 1 rings (SSSR count). The molecule has 3 heteroatoms. The minimum Gasteiger partial charge on any atom is -0.272 e. The van der Waals surface area contributed by atoms with Gasteiger partial charge < -0.3 is 0 Å². The van der Waals surface area contributed by atoms with E-state index >= 15 is 0 Å². The van der Waals surface area contributed by atoms with E-state index in [9.17, 15) is 0 Å². The lowest BCUT2D eigenvalue weighted by atomic mass is 10.1. The van der Waals surface area contributed by atoms with Crippen LogP contribution in [0.25, 0.3) is 0 Å². The second kappa shape index (κ2) is 4.51. The van der Waals surface area contributed by atoms with Crippen molar-refractivity contribution in [2.45, 2.75) is 32.7 Å². The summed E-state index contributed by atoms with van der Waals surface area (Å²) in [5.41, 5.74) is 1.10. The molecule has 68 valence electrons. The summed E-state index contributed by atoms with van der Waals surface area (Å²) in [5, 5.41) is 4.21. The Morgan fingerprint density at radius 3 is 2.92 bits per heavy atom. The molecule has 0 N–H and O–H groups in total. The monoisotopic (exact) mass is 186 g/mol. The van der Waals surface area contributed by atoms with Gasteiger partial charge in [-0.25, -0.2) is 0 Å². The van der Waals surface area contributed by atoms with E-state index in [-0.39, 0.29) is 0 Å². The van der Waals surface area contributed by atoms with Crippen LogP contribution in [-0.4, -0.2) is 9.78 Å². The molecule has 12 heavy (non-hydrogen) atoms. The molecule has 0 aliphatic rings. The van der Waals surface area contributed by atoms with Crippen molar-refractivity contribution >= 4 is 11.6 Å². The molecule has 0 fully saturated rings. The quantitative estimate of drug-likeness (QED) is 0.662. The zero-order valence-corrected chi connectivity index (χ0v) is 8.38. The number of aromatic nitrogens is 2. The van der Waals surface area contributed by atoms with Crippen molar-refractivity contribution in [3.63, 3.8) is 0 Å². The minimum absolute atomic E-state index is 0.556. The highest BCUT2D eigenvalue weighted by atomic mass is 35.5. The van der Waals surface area contributed by atoms with Crippen molar-refractivity contribution in [3.05, 3.63) is 18.0 Å². The molecule has 1 aromatic rings. The smallest absolute Gasteiger partial charge is 0.0533 e. The van der Waals surface area contributed by atoms with Crippen molar-refractivity contribution in [2.24, 2.45) is 5.92 Å². The molecular weight excluding hydrogens is 172 g/mol. The van der Waals surface area contributed by atoms with E-state index in [1.54, 1.807) is 0 Å². The number of hydrogen-bond donors (Lipinski definition) is 0. The fourth-order valence-electron chi connectivity index (χ4n) is 1.02. The van der Waals surface area contributed by atoms with Gasteiger partial charge in [0.15, 0.2) is 0 Å². The van der Waals surface area contributed by atoms with Crippen molar-refractivity contribution in [2.75, 3.05) is 0 Å². The van der Waals surface area contributed by atoms with E-state index in [0.29, 0.717) is 11.8 Å². The standard InChI is InChI=1S/C9H15ClN2/c1-3-8(2)6-12-7-9(4-10)5-11-12/h5,7-8H,3-4,6H2,1-2H3. The second-order valence-corrected chi connectivity index (χ2v) is 3.48. The average Bonchev–Trinajstić information content (AvgIpc) is 2.52. The van der Waals surface area contributed by atoms with Gasteiger partial charge >= 0.3 is 0 Å². The first-order valence-corrected chi connectivity index (χ1v) is 4.87. The number of hydrogen-bond acceptors (Lipinski definition) is 1. The predicted octanol–water partition coefficient (Wildman–Crippen LogP) is 2.67. The van der Waals surface area contributed by atoms with E-state index in [2.05, 4.69) is 18.9 Å². The Morgan fingerprint density at radius 1 is 1.67 bits per heavy atom. The average molecular weight is 187 g/mol. The van der Waals surface area contributed by atoms with Crippen molar-refractivity contribution in [1.29, 1.82) is 0 Å². The molecule has 1 unspecified atom stereocenters. The van der Waals surface area contributed by atoms with E-state index in [4.69, 9.17) is 11.6 Å². The van der Waals surface area contributed by atoms with Crippen LogP contribution < -0.4 is 0 Å². The van der Waals surface area contributed by atoms with Crippen LogP contribution in [0.1, 0.15) is 25.8 Å². The summed E-state index contributed by atoms with van der Waals surface area (Å²) in [6, 6.07) is 0. The van der Waals surface area contributed by atoms with Gasteiger partial charge in [-0.2, -0.15) is 5.10 Å². The molecule has 1 heterocycles. The SMILES string of the molecule is CCC(C)Cn1cc(CCl)cn1. The van der Waals surface area contributed by atoms with Gasteiger partial charge in [-0.15, -0.1) is 11.6 Å². The molecule has 2 nitrogen and oxygen atoms in total. The Balaban J connectivity index is 2.52. The fraction of sp³-hybridized carbons (Fsp3) is 0.667. The zero-order valence-electron chi connectivity index (χ0n) is 7.63. The van der Waals surface area contributed by atoms with E-state index in [1.165, 1.54) is 6.42 Å². The summed E-state index contributed by atoms with van der Waals surface area (Å²) in [7, 11) is 0. The molecule has 1 atom stereocenters. The zero-order chi connectivity index (χ0) is 8.97. The van der Waals surface area contributed by atoms with Crippen LogP contribution in [0.3, 0.4) is 0 Å². The van der Waals surface area contributed by atoms with Crippen LogP contribution in [-0.2, 0) is 12.4 Å². The first kappa shape index (κ1) is 9.59. The lowest BCUT2D eigenvalue weighted by Gasteiger charge is -2.07. The number of halogens is 1. The van der Waals surface area contributed by atoms with E-state index < -0.39 is 0 Å². The highest BCUT2D eigenvalue weighted by Gasteiger charge is 2.01. The van der Waals surface area contributed by atoms with Gasteiger partial charge in [0, 0.05) is 18.3 Å². The first-order chi connectivity index (χ1) is 5.76. The Kier molecular flexibility index (Phi) is 3.60. The molecular formula is C9H15ClN2. The Hall–Kier alpha value is -0.500. The van der Waals surface area contributed by atoms with Crippen LogP contribution in [0.5, 0.6) is 0 Å². The van der Waals surface area contributed by atoms with Crippen LogP contribution >= 0.6 is 11.6 Å². The summed E-state index contributed by atoms with van der Waals surface area (Å²) in [6.45, 7) is 5.41. The van der Waals surface area contributed by atoms with Crippen LogP contribution in [0.15, 0.2) is 12.4 Å². The lowest BCUT2D eigenvalue weighted by Crippen LogP contribution is -2.06. The molecule has 0 bridgehead atoms. The van der Waals surface area contributed by atoms with Crippen molar-refractivity contribution < 1.29 is 0 Å². The molecule has 0 aromatic carbocycles. The van der Waals surface area contributed by atoms with Gasteiger partial charge in [0.1, 0.15) is 0 Å². The summed E-state index contributed by atoms with van der Waals surface area (Å²) >= 11 is 5.66. The third kappa shape index (κ3) is 2.52. The Labute approximate surface area is 78.5 Å². The van der Waals surface area contributed by atoms with Crippen molar-refractivity contribution in [1.82, 2.24) is 9.78 Å². The maximum atomic E-state index is 5.66. The van der Waals surface area contributed by atoms with Gasteiger partial charge in [0.05, 0.1) is 12.1 Å². The summed E-state index contributed by atoms with van der Waals surface area (Å²) in [5.74, 6) is 1.24. The Bertz CT molecular complexity index is 232. The highest BCUT2D eigenvalue weighted by Crippen LogP contribution is 2.06. The normalized spacial score (nSPS) is 13.2. The van der Waals surface area contributed by atoms with Gasteiger partial charge in [-0.3, -0.25) is 4.68 Å². The second-order valence-electron chi connectivity index (χ2n) is 3.22. The fourth-order valence-corrected chi connectivity index (χ4v) is 1.16. The lowest BCUT2D eigenvalue weighted by molar-refractivity contribution is 0.439. The highest BCUT2D eigenvalue weighted by molar-refractivity contribution is 6.17. The van der Waals surface area contributed by atoms with E-state index in [0.717, 1.165) is 12.1 Å². The van der Waals surface area contributed by atoms with Gasteiger partial charge in [-0.05, 0) is 5.92 Å². The molecule has 0 spiro atoms. The largest absolute Gasteiger partial charge is 0.272 e. The summed E-state index contributed by atoms with van der Waals surface area (Å²) < 4.78 is 1.96. The van der Waals surface area contributed by atoms with E-state index in [1.807, 2.05) is 17.1 Å². The summed E-state index contributed by atoms with van der Waals surface area (Å²) in [6.07, 6.45) is 5.03. The van der Waals surface area contributed by atoms with Crippen LogP contribution in [0.4, 0.5) is 0 Å². The third-order valence-electron chi connectivity index (χ3n) is 2.04. The third-order valence-corrected chi connectivity index (χ3v) is 2.35. The molecule has 0 amide bonds. The maximum absolute atomic E-state index is 5.66. The van der Waals surface area contributed by atoms with Gasteiger partial charge in [0.2, 0.25) is 0 Å². The molecule has 1 aromatic heterocycles. The molecule has 0 saturated heterocycles. The number of rotatable bonds is 4. The number of alkyl halides is 1. The molecule has 0 aliphatic heterocycles. The van der Waals surface area contributed by atoms with Crippen molar-refractivity contribution in [3.8, 4) is 0 Å². The Morgan fingerprint density at radius 2 is 2.42 bits per heavy atom. The topological polar surface area (TPSA) is 17.8 Å². The maximum Gasteiger partial charge on any atom is 0.0533 e. The summed E-state index contributed by atoms with van der Waals surface area (Å²) in [4.78, 5) is 0. The van der Waals surface area contributed by atoms with Gasteiger partial charge in [0.25, 0.3) is 0 Å². The minimum atomic E-state index is 0.556. The molecule has 0 aliphatic carbocycles. The molecule has 0 saturated carbocycles. The predicted molar refractivity (Wildman–Crippen MR) is 51.2 cm³/mol. The van der Waals surface area contributed by atoms with Gasteiger partial charge in [-0.1, -0.05) is 20.3 Å². The van der Waals surface area contributed by atoms with Crippen LogP contribution in [0.2, 0.25) is 0 Å².